The second-order valence-electron chi connectivity index (χ2n) is 6.85. The maximum absolute atomic E-state index is 14.4. The number of carbonyl (C=O) groups excluding carboxylic acids is 1. The zero-order valence-electron chi connectivity index (χ0n) is 14.8. The van der Waals surface area contributed by atoms with Crippen LogP contribution >= 0.6 is 22.9 Å². The molecule has 4 rings (SSSR count). The van der Waals surface area contributed by atoms with E-state index in [2.05, 4.69) is 14.9 Å². The van der Waals surface area contributed by atoms with Gasteiger partial charge in [-0.25, -0.2) is 18.7 Å². The van der Waals surface area contributed by atoms with E-state index in [0.29, 0.717) is 30.8 Å². The Hall–Kier alpha value is -2.32. The molecule has 3 aromatic rings. The van der Waals surface area contributed by atoms with Crippen molar-refractivity contribution in [2.24, 2.45) is 11.7 Å². The number of rotatable bonds is 4. The number of amides is 1. The van der Waals surface area contributed by atoms with Crippen molar-refractivity contribution in [2.75, 3.05) is 18.0 Å². The summed E-state index contributed by atoms with van der Waals surface area (Å²) in [5.74, 6) is -0.608. The molecule has 1 aliphatic heterocycles. The summed E-state index contributed by atoms with van der Waals surface area (Å²) in [6.45, 7) is 1.41. The molecule has 0 saturated carbocycles. The van der Waals surface area contributed by atoms with Gasteiger partial charge in [0, 0.05) is 19.5 Å². The predicted octanol–water partition coefficient (Wildman–Crippen LogP) is 4.38. The van der Waals surface area contributed by atoms with E-state index < -0.39 is 11.6 Å². The Kier molecular flexibility index (Phi) is 5.16. The van der Waals surface area contributed by atoms with E-state index in [0.717, 1.165) is 29.7 Å². The van der Waals surface area contributed by atoms with Crippen molar-refractivity contribution in [3.63, 3.8) is 0 Å². The Balaban J connectivity index is 1.71. The van der Waals surface area contributed by atoms with Gasteiger partial charge in [0.25, 0.3) is 0 Å². The summed E-state index contributed by atoms with van der Waals surface area (Å²) < 4.78 is 29.2. The molecule has 0 spiro atoms. The van der Waals surface area contributed by atoms with Crippen molar-refractivity contribution in [2.45, 2.75) is 19.3 Å². The summed E-state index contributed by atoms with van der Waals surface area (Å²) >= 11 is 7.16. The SMILES string of the molecule is NC(=O)CC1CCN(c2nc(-c3cc(F)c(Cl)cc3F)nc3ccsc23)CC1. The fourth-order valence-electron chi connectivity index (χ4n) is 3.51. The normalized spacial score (nSPS) is 15.3. The minimum absolute atomic E-state index is 0.0279. The summed E-state index contributed by atoms with van der Waals surface area (Å²) in [7, 11) is 0. The van der Waals surface area contributed by atoms with Crippen molar-refractivity contribution in [3.8, 4) is 11.4 Å². The number of halogens is 3. The minimum atomic E-state index is -0.721. The largest absolute Gasteiger partial charge is 0.370 e. The van der Waals surface area contributed by atoms with Gasteiger partial charge in [0.05, 0.1) is 20.8 Å². The van der Waals surface area contributed by atoms with Crippen LogP contribution in [0.25, 0.3) is 21.6 Å². The lowest BCUT2D eigenvalue weighted by Crippen LogP contribution is -2.35. The number of fused-ring (bicyclic) bond motifs is 1. The Bertz CT molecular complexity index is 1050. The zero-order chi connectivity index (χ0) is 19.8. The molecule has 2 N–H and O–H groups in total. The molecule has 1 amide bonds. The number of benzene rings is 1. The van der Waals surface area contributed by atoms with E-state index in [1.54, 1.807) is 0 Å². The van der Waals surface area contributed by atoms with Crippen LogP contribution in [0.1, 0.15) is 19.3 Å². The molecule has 0 aliphatic carbocycles. The molecule has 1 saturated heterocycles. The van der Waals surface area contributed by atoms with Crippen LogP contribution in [0.2, 0.25) is 5.02 Å². The molecule has 1 aliphatic rings. The number of nitrogens with two attached hydrogens (primary N) is 1. The van der Waals surface area contributed by atoms with E-state index in [1.807, 2.05) is 11.4 Å². The Labute approximate surface area is 169 Å². The number of thiophene rings is 1. The highest BCUT2D eigenvalue weighted by atomic mass is 35.5. The number of hydrogen-bond donors (Lipinski definition) is 1. The van der Waals surface area contributed by atoms with Gasteiger partial charge in [0.2, 0.25) is 5.91 Å². The first-order valence-electron chi connectivity index (χ1n) is 8.86. The second-order valence-corrected chi connectivity index (χ2v) is 8.18. The molecule has 0 atom stereocenters. The molecule has 9 heteroatoms. The highest BCUT2D eigenvalue weighted by molar-refractivity contribution is 7.17. The molecular formula is C19H17ClF2N4OS. The molecule has 1 aromatic carbocycles. The molecular weight excluding hydrogens is 406 g/mol. The number of hydrogen-bond acceptors (Lipinski definition) is 5. The number of carbonyl (C=O) groups is 1. The lowest BCUT2D eigenvalue weighted by Gasteiger charge is -2.32. The molecule has 3 heterocycles. The molecule has 0 radical (unpaired) electrons. The van der Waals surface area contributed by atoms with Crippen LogP contribution in [0.5, 0.6) is 0 Å². The van der Waals surface area contributed by atoms with Crippen LogP contribution in [0.3, 0.4) is 0 Å². The smallest absolute Gasteiger partial charge is 0.217 e. The van der Waals surface area contributed by atoms with Crippen LogP contribution in [0.15, 0.2) is 23.6 Å². The van der Waals surface area contributed by atoms with Gasteiger partial charge in [-0.05, 0) is 42.3 Å². The third-order valence-electron chi connectivity index (χ3n) is 4.94. The fourth-order valence-corrected chi connectivity index (χ4v) is 4.51. The fraction of sp³-hybridized carbons (Fsp3) is 0.316. The molecule has 0 bridgehead atoms. The summed E-state index contributed by atoms with van der Waals surface area (Å²) in [6.07, 6.45) is 2.02. The summed E-state index contributed by atoms with van der Waals surface area (Å²) in [4.78, 5) is 22.2. The van der Waals surface area contributed by atoms with E-state index in [-0.39, 0.29) is 28.2 Å². The van der Waals surface area contributed by atoms with E-state index in [1.165, 1.54) is 11.3 Å². The zero-order valence-corrected chi connectivity index (χ0v) is 16.4. The first-order valence-corrected chi connectivity index (χ1v) is 10.1. The van der Waals surface area contributed by atoms with Crippen LogP contribution in [0, 0.1) is 17.6 Å². The van der Waals surface area contributed by atoms with Gasteiger partial charge in [0.1, 0.15) is 11.6 Å². The van der Waals surface area contributed by atoms with Crippen LogP contribution in [0.4, 0.5) is 14.6 Å². The maximum Gasteiger partial charge on any atom is 0.217 e. The van der Waals surface area contributed by atoms with Crippen molar-refractivity contribution >= 4 is 44.9 Å². The lowest BCUT2D eigenvalue weighted by molar-refractivity contribution is -0.119. The maximum atomic E-state index is 14.4. The quantitative estimate of drug-likeness (QED) is 0.633. The molecule has 5 nitrogen and oxygen atoms in total. The van der Waals surface area contributed by atoms with Crippen molar-refractivity contribution in [1.82, 2.24) is 9.97 Å². The number of aromatic nitrogens is 2. The van der Waals surface area contributed by atoms with Gasteiger partial charge < -0.3 is 10.6 Å². The molecule has 146 valence electrons. The van der Waals surface area contributed by atoms with Crippen molar-refractivity contribution in [1.29, 1.82) is 0 Å². The van der Waals surface area contributed by atoms with Gasteiger partial charge in [-0.2, -0.15) is 0 Å². The topological polar surface area (TPSA) is 72.1 Å². The van der Waals surface area contributed by atoms with Crippen LogP contribution < -0.4 is 10.6 Å². The molecule has 28 heavy (non-hydrogen) atoms. The standard InChI is InChI=1S/C19H17ClF2N4OS/c20-12-9-13(21)11(8-14(12)22)18-24-15-3-6-28-17(15)19(25-18)26-4-1-10(2-5-26)7-16(23)27/h3,6,8-10H,1-2,4-5,7H2,(H2,23,27). The number of nitrogens with zero attached hydrogens (tertiary/aromatic N) is 3. The third kappa shape index (κ3) is 3.66. The minimum Gasteiger partial charge on any atom is -0.370 e. The third-order valence-corrected chi connectivity index (χ3v) is 6.13. The lowest BCUT2D eigenvalue weighted by atomic mass is 9.93. The highest BCUT2D eigenvalue weighted by Gasteiger charge is 2.25. The van der Waals surface area contributed by atoms with Crippen LogP contribution in [-0.2, 0) is 4.79 Å². The molecule has 1 fully saturated rings. The summed E-state index contributed by atoms with van der Waals surface area (Å²) in [6, 6.07) is 3.79. The second kappa shape index (κ2) is 7.60. The number of piperidine rings is 1. The van der Waals surface area contributed by atoms with E-state index in [4.69, 9.17) is 17.3 Å². The Morgan fingerprint density at radius 1 is 1.25 bits per heavy atom. The first kappa shape index (κ1) is 19.0. The van der Waals surface area contributed by atoms with E-state index in [9.17, 15) is 13.6 Å². The summed E-state index contributed by atoms with van der Waals surface area (Å²) in [5.41, 5.74) is 5.96. The highest BCUT2D eigenvalue weighted by Crippen LogP contribution is 2.35. The van der Waals surface area contributed by atoms with Crippen molar-refractivity contribution in [3.05, 3.63) is 40.2 Å². The van der Waals surface area contributed by atoms with Gasteiger partial charge in [-0.1, -0.05) is 11.6 Å². The monoisotopic (exact) mass is 422 g/mol. The Morgan fingerprint density at radius 3 is 2.71 bits per heavy atom. The average Bonchev–Trinajstić information content (AvgIpc) is 3.13. The van der Waals surface area contributed by atoms with Gasteiger partial charge in [-0.15, -0.1) is 11.3 Å². The number of primary amides is 1. The van der Waals surface area contributed by atoms with Gasteiger partial charge >= 0.3 is 0 Å². The van der Waals surface area contributed by atoms with E-state index >= 15 is 0 Å². The average molecular weight is 423 g/mol. The summed E-state index contributed by atoms with van der Waals surface area (Å²) in [5, 5.41) is 1.61. The molecule has 2 aromatic heterocycles. The number of anilines is 1. The van der Waals surface area contributed by atoms with Gasteiger partial charge in [0.15, 0.2) is 11.6 Å². The van der Waals surface area contributed by atoms with Crippen molar-refractivity contribution < 1.29 is 13.6 Å². The molecule has 0 unspecified atom stereocenters. The Morgan fingerprint density at radius 2 is 2.00 bits per heavy atom. The van der Waals surface area contributed by atoms with Gasteiger partial charge in [-0.3, -0.25) is 4.79 Å². The predicted molar refractivity (Wildman–Crippen MR) is 107 cm³/mol. The van der Waals surface area contributed by atoms with Crippen LogP contribution in [-0.4, -0.2) is 29.0 Å². The first-order chi connectivity index (χ1) is 13.4.